The average molecular weight is 479 g/mol. The lowest BCUT2D eigenvalue weighted by atomic mass is 9.99. The van der Waals surface area contributed by atoms with Gasteiger partial charge < -0.3 is 10.1 Å². The molecular weight excluding hydrogens is 440 g/mol. The van der Waals surface area contributed by atoms with Gasteiger partial charge in [-0.3, -0.25) is 9.78 Å². The van der Waals surface area contributed by atoms with Gasteiger partial charge in [0.25, 0.3) is 5.91 Å². The third-order valence-electron chi connectivity index (χ3n) is 6.42. The van der Waals surface area contributed by atoms with Gasteiger partial charge in [-0.1, -0.05) is 58.6 Å². The zero-order valence-electron chi connectivity index (χ0n) is 21.0. The number of benzene rings is 2. The van der Waals surface area contributed by atoms with E-state index in [1.54, 1.807) is 18.0 Å². The number of carbonyl (C=O) groups excluding carboxylic acids is 1. The van der Waals surface area contributed by atoms with Crippen molar-refractivity contribution in [1.82, 2.24) is 4.98 Å². The molecule has 0 radical (unpaired) electrons. The second kappa shape index (κ2) is 13.4. The SMILES string of the molecule is CCCCCCCC(Oc1ccc(C(C)CC)cc1)C(=O)Nc1c(SC)ccc2ncccc12. The number of nitrogens with one attached hydrogen (secondary N) is 1. The largest absolute Gasteiger partial charge is 0.481 e. The molecule has 2 unspecified atom stereocenters. The number of aromatic nitrogens is 1. The lowest BCUT2D eigenvalue weighted by Crippen LogP contribution is -2.33. The molecule has 0 saturated heterocycles. The van der Waals surface area contributed by atoms with E-state index in [0.717, 1.165) is 46.5 Å². The van der Waals surface area contributed by atoms with Crippen LogP contribution in [0.25, 0.3) is 10.9 Å². The predicted octanol–water partition coefficient (Wildman–Crippen LogP) is 8.22. The molecule has 182 valence electrons. The van der Waals surface area contributed by atoms with Crippen LogP contribution in [0.3, 0.4) is 0 Å². The van der Waals surface area contributed by atoms with Crippen molar-refractivity contribution in [2.75, 3.05) is 11.6 Å². The summed E-state index contributed by atoms with van der Waals surface area (Å²) in [5.41, 5.74) is 2.98. The number of nitrogens with zero attached hydrogens (tertiary/aromatic N) is 1. The molecule has 0 aliphatic carbocycles. The van der Waals surface area contributed by atoms with E-state index in [9.17, 15) is 4.79 Å². The molecule has 0 aliphatic rings. The number of rotatable bonds is 13. The number of amides is 1. The Hall–Kier alpha value is -2.53. The Bertz CT molecular complexity index is 1050. The van der Waals surface area contributed by atoms with E-state index in [0.29, 0.717) is 12.3 Å². The first kappa shape index (κ1) is 26.1. The van der Waals surface area contributed by atoms with Gasteiger partial charge in [-0.25, -0.2) is 0 Å². The van der Waals surface area contributed by atoms with Crippen molar-refractivity contribution in [3.8, 4) is 5.75 Å². The zero-order chi connectivity index (χ0) is 24.3. The molecule has 0 fully saturated rings. The van der Waals surface area contributed by atoms with Crippen LogP contribution >= 0.6 is 11.8 Å². The van der Waals surface area contributed by atoms with Crippen molar-refractivity contribution in [3.63, 3.8) is 0 Å². The second-order valence-corrected chi connectivity index (χ2v) is 9.74. The van der Waals surface area contributed by atoms with E-state index >= 15 is 0 Å². The maximum Gasteiger partial charge on any atom is 0.265 e. The molecular formula is C29H38N2O2S. The molecule has 1 amide bonds. The first-order valence-corrected chi connectivity index (χ1v) is 13.8. The van der Waals surface area contributed by atoms with Gasteiger partial charge >= 0.3 is 0 Å². The van der Waals surface area contributed by atoms with Crippen molar-refractivity contribution < 1.29 is 9.53 Å². The Labute approximate surface area is 208 Å². The van der Waals surface area contributed by atoms with E-state index in [-0.39, 0.29) is 5.91 Å². The molecule has 0 bridgehead atoms. The Balaban J connectivity index is 1.80. The molecule has 3 aromatic rings. The minimum absolute atomic E-state index is 0.104. The number of anilines is 1. The minimum atomic E-state index is -0.544. The van der Waals surface area contributed by atoms with Crippen LogP contribution in [0.2, 0.25) is 0 Å². The highest BCUT2D eigenvalue weighted by Gasteiger charge is 2.22. The second-order valence-electron chi connectivity index (χ2n) is 8.89. The van der Waals surface area contributed by atoms with Crippen molar-refractivity contribution in [2.24, 2.45) is 0 Å². The summed E-state index contributed by atoms with van der Waals surface area (Å²) in [5, 5.41) is 4.14. The van der Waals surface area contributed by atoms with Gasteiger partial charge in [-0.05, 0) is 73.4 Å². The van der Waals surface area contributed by atoms with Gasteiger partial charge in [-0.15, -0.1) is 11.8 Å². The predicted molar refractivity (Wildman–Crippen MR) is 145 cm³/mol. The molecule has 2 aromatic carbocycles. The average Bonchev–Trinajstić information content (AvgIpc) is 2.88. The minimum Gasteiger partial charge on any atom is -0.481 e. The Morgan fingerprint density at radius 3 is 2.50 bits per heavy atom. The van der Waals surface area contributed by atoms with Crippen LogP contribution < -0.4 is 10.1 Å². The monoisotopic (exact) mass is 478 g/mol. The molecule has 2 atom stereocenters. The van der Waals surface area contributed by atoms with Gasteiger partial charge in [0.05, 0.1) is 11.2 Å². The number of ether oxygens (including phenoxy) is 1. The Morgan fingerprint density at radius 2 is 1.79 bits per heavy atom. The highest BCUT2D eigenvalue weighted by molar-refractivity contribution is 7.98. The molecule has 4 nitrogen and oxygen atoms in total. The Morgan fingerprint density at radius 1 is 1.03 bits per heavy atom. The molecule has 0 saturated carbocycles. The van der Waals surface area contributed by atoms with E-state index in [1.165, 1.54) is 24.8 Å². The lowest BCUT2D eigenvalue weighted by molar-refractivity contribution is -0.123. The quantitative estimate of drug-likeness (QED) is 0.199. The van der Waals surface area contributed by atoms with E-state index in [2.05, 4.69) is 43.2 Å². The fraction of sp³-hybridized carbons (Fsp3) is 0.448. The molecule has 34 heavy (non-hydrogen) atoms. The van der Waals surface area contributed by atoms with Gasteiger partial charge in [-0.2, -0.15) is 0 Å². The van der Waals surface area contributed by atoms with Crippen molar-refractivity contribution >= 4 is 34.3 Å². The van der Waals surface area contributed by atoms with Crippen LogP contribution in [0, 0.1) is 0 Å². The number of thioether (sulfide) groups is 1. The molecule has 0 spiro atoms. The molecule has 5 heteroatoms. The lowest BCUT2D eigenvalue weighted by Gasteiger charge is -2.21. The van der Waals surface area contributed by atoms with Crippen molar-refractivity contribution in [2.45, 2.75) is 82.6 Å². The van der Waals surface area contributed by atoms with Crippen LogP contribution in [-0.2, 0) is 4.79 Å². The normalized spacial score (nSPS) is 12.9. The summed E-state index contributed by atoms with van der Waals surface area (Å²) in [7, 11) is 0. The van der Waals surface area contributed by atoms with Crippen LogP contribution in [0.5, 0.6) is 5.75 Å². The number of fused-ring (bicyclic) bond motifs is 1. The summed E-state index contributed by atoms with van der Waals surface area (Å²) in [6.07, 6.45) is 10.8. The smallest absolute Gasteiger partial charge is 0.265 e. The summed E-state index contributed by atoms with van der Waals surface area (Å²) in [6.45, 7) is 6.63. The van der Waals surface area contributed by atoms with Crippen molar-refractivity contribution in [3.05, 3.63) is 60.3 Å². The van der Waals surface area contributed by atoms with Crippen molar-refractivity contribution in [1.29, 1.82) is 0 Å². The van der Waals surface area contributed by atoms with Gasteiger partial charge in [0.1, 0.15) is 5.75 Å². The standard InChI is InChI=1S/C29H38N2O2S/c1-5-7-8-9-10-13-26(33-23-16-14-22(15-17-23)21(3)6-2)29(32)31-28-24-12-11-20-30-25(24)18-19-27(28)34-4/h11-12,14-21,26H,5-10,13H2,1-4H3,(H,31,32). The van der Waals surface area contributed by atoms with Crippen LogP contribution in [0.15, 0.2) is 59.6 Å². The topological polar surface area (TPSA) is 51.2 Å². The molecule has 1 aromatic heterocycles. The molecule has 1 N–H and O–H groups in total. The number of unbranched alkanes of at least 4 members (excludes halogenated alkanes) is 4. The number of hydrogen-bond acceptors (Lipinski definition) is 4. The van der Waals surface area contributed by atoms with Gasteiger partial charge in [0.2, 0.25) is 0 Å². The maximum absolute atomic E-state index is 13.5. The Kier molecular flexibility index (Phi) is 10.3. The third kappa shape index (κ3) is 6.99. The first-order valence-electron chi connectivity index (χ1n) is 12.6. The number of hydrogen-bond donors (Lipinski definition) is 1. The molecule has 0 aliphatic heterocycles. The summed E-state index contributed by atoms with van der Waals surface area (Å²) >= 11 is 1.62. The summed E-state index contributed by atoms with van der Waals surface area (Å²) in [5.74, 6) is 1.15. The molecule has 1 heterocycles. The summed E-state index contributed by atoms with van der Waals surface area (Å²) < 4.78 is 6.27. The zero-order valence-corrected chi connectivity index (χ0v) is 21.8. The third-order valence-corrected chi connectivity index (χ3v) is 7.20. The van der Waals surface area contributed by atoms with Gasteiger partial charge in [0.15, 0.2) is 6.10 Å². The molecule has 3 rings (SSSR count). The van der Waals surface area contributed by atoms with Crippen LogP contribution in [-0.4, -0.2) is 23.3 Å². The van der Waals surface area contributed by atoms with Gasteiger partial charge in [0, 0.05) is 16.5 Å². The number of pyridine rings is 1. The summed E-state index contributed by atoms with van der Waals surface area (Å²) in [4.78, 5) is 19.0. The van der Waals surface area contributed by atoms with E-state index in [4.69, 9.17) is 4.74 Å². The first-order chi connectivity index (χ1) is 16.6. The fourth-order valence-electron chi connectivity index (χ4n) is 4.09. The van der Waals surface area contributed by atoms with E-state index in [1.807, 2.05) is 42.7 Å². The highest BCUT2D eigenvalue weighted by atomic mass is 32.2. The maximum atomic E-state index is 13.5. The van der Waals surface area contributed by atoms with Crippen LogP contribution in [0.1, 0.15) is 77.2 Å². The van der Waals surface area contributed by atoms with E-state index < -0.39 is 6.10 Å². The fourth-order valence-corrected chi connectivity index (χ4v) is 4.66. The number of carbonyl (C=O) groups is 1. The van der Waals surface area contributed by atoms with Crippen LogP contribution in [0.4, 0.5) is 5.69 Å². The highest BCUT2D eigenvalue weighted by Crippen LogP contribution is 2.33. The summed E-state index contributed by atoms with van der Waals surface area (Å²) in [6, 6.07) is 16.1.